The molecule has 0 spiro atoms. The molecule has 0 saturated carbocycles. The molecule has 1 aromatic rings. The summed E-state index contributed by atoms with van der Waals surface area (Å²) in [5.41, 5.74) is 0.175. The molecule has 0 bridgehead atoms. The van der Waals surface area contributed by atoms with Gasteiger partial charge in [0, 0.05) is 19.6 Å². The summed E-state index contributed by atoms with van der Waals surface area (Å²) in [4.78, 5) is 36.0. The highest BCUT2D eigenvalue weighted by Gasteiger charge is 2.32. The molecule has 0 fully saturated rings. The standard InChI is InChI=1S/C13H14N2O4S/c1-7(17)11-10-12(15-14-11)8(18)6-9(13(10)19)20-5-3-2-4-16/h6,16H,2-5H2,1H3,(H,14,15). The van der Waals surface area contributed by atoms with E-state index in [1.54, 1.807) is 0 Å². The summed E-state index contributed by atoms with van der Waals surface area (Å²) in [7, 11) is 0. The van der Waals surface area contributed by atoms with Crippen LogP contribution in [-0.4, -0.2) is 45.0 Å². The van der Waals surface area contributed by atoms with Crippen molar-refractivity contribution in [2.24, 2.45) is 0 Å². The zero-order valence-corrected chi connectivity index (χ0v) is 11.7. The van der Waals surface area contributed by atoms with Crippen LogP contribution in [0.25, 0.3) is 0 Å². The van der Waals surface area contributed by atoms with Crippen LogP contribution in [0.2, 0.25) is 0 Å². The highest BCUT2D eigenvalue weighted by atomic mass is 32.2. The summed E-state index contributed by atoms with van der Waals surface area (Å²) in [6, 6.07) is 0. The number of hydrogen-bond acceptors (Lipinski definition) is 6. The number of fused-ring (bicyclic) bond motifs is 1. The SMILES string of the molecule is CC(=O)c1n[nH]c2c1C(=O)C(SCCCCO)=CC2=O. The molecular formula is C13H14N2O4S. The number of allylic oxidation sites excluding steroid dienone is 2. The molecule has 0 radical (unpaired) electrons. The Hall–Kier alpha value is -1.73. The third kappa shape index (κ3) is 2.73. The van der Waals surface area contributed by atoms with Crippen LogP contribution < -0.4 is 0 Å². The molecule has 0 saturated heterocycles. The molecule has 0 unspecified atom stereocenters. The Kier molecular flexibility index (Phi) is 4.51. The number of nitrogens with one attached hydrogen (secondary N) is 1. The zero-order chi connectivity index (χ0) is 14.7. The van der Waals surface area contributed by atoms with Gasteiger partial charge in [0.1, 0.15) is 11.4 Å². The van der Waals surface area contributed by atoms with E-state index in [-0.39, 0.29) is 40.9 Å². The van der Waals surface area contributed by atoms with E-state index in [0.29, 0.717) is 17.1 Å². The molecule has 2 N–H and O–H groups in total. The molecule has 1 aliphatic carbocycles. The predicted molar refractivity (Wildman–Crippen MR) is 74.1 cm³/mol. The van der Waals surface area contributed by atoms with Crippen LogP contribution in [-0.2, 0) is 0 Å². The second kappa shape index (κ2) is 6.15. The average Bonchev–Trinajstić information content (AvgIpc) is 2.85. The number of hydrogen-bond donors (Lipinski definition) is 2. The van der Waals surface area contributed by atoms with Crippen LogP contribution in [0.1, 0.15) is 51.1 Å². The van der Waals surface area contributed by atoms with Crippen molar-refractivity contribution in [2.45, 2.75) is 19.8 Å². The van der Waals surface area contributed by atoms with Gasteiger partial charge in [-0.25, -0.2) is 0 Å². The van der Waals surface area contributed by atoms with Crippen LogP contribution in [0, 0.1) is 0 Å². The van der Waals surface area contributed by atoms with Crippen molar-refractivity contribution in [3.8, 4) is 0 Å². The topological polar surface area (TPSA) is 100 Å². The van der Waals surface area contributed by atoms with Crippen LogP contribution >= 0.6 is 11.8 Å². The number of carbonyl (C=O) groups excluding carboxylic acids is 3. The fraction of sp³-hybridized carbons (Fsp3) is 0.385. The van der Waals surface area contributed by atoms with Gasteiger partial charge in [-0.15, -0.1) is 11.8 Å². The second-order valence-electron chi connectivity index (χ2n) is 4.36. The van der Waals surface area contributed by atoms with Gasteiger partial charge in [0.2, 0.25) is 11.6 Å². The van der Waals surface area contributed by atoms with E-state index >= 15 is 0 Å². The Morgan fingerprint density at radius 1 is 1.40 bits per heavy atom. The largest absolute Gasteiger partial charge is 0.396 e. The summed E-state index contributed by atoms with van der Waals surface area (Å²) in [5, 5.41) is 14.9. The maximum absolute atomic E-state index is 12.3. The molecule has 1 aromatic heterocycles. The van der Waals surface area contributed by atoms with E-state index < -0.39 is 0 Å². The Morgan fingerprint density at radius 2 is 2.15 bits per heavy atom. The monoisotopic (exact) mass is 294 g/mol. The normalized spacial score (nSPS) is 14.2. The second-order valence-corrected chi connectivity index (χ2v) is 5.50. The van der Waals surface area contributed by atoms with Gasteiger partial charge in [-0.2, -0.15) is 5.10 Å². The fourth-order valence-electron chi connectivity index (χ4n) is 1.88. The number of aliphatic hydroxyl groups is 1. The number of rotatable bonds is 6. The Balaban J connectivity index is 2.22. The van der Waals surface area contributed by atoms with Crippen molar-refractivity contribution >= 4 is 29.1 Å². The first-order valence-electron chi connectivity index (χ1n) is 6.20. The molecule has 20 heavy (non-hydrogen) atoms. The first-order valence-corrected chi connectivity index (χ1v) is 7.18. The van der Waals surface area contributed by atoms with E-state index in [1.807, 2.05) is 0 Å². The highest BCUT2D eigenvalue weighted by Crippen LogP contribution is 2.29. The van der Waals surface area contributed by atoms with Gasteiger partial charge < -0.3 is 5.11 Å². The van der Waals surface area contributed by atoms with Crippen LogP contribution in [0.15, 0.2) is 11.0 Å². The number of aliphatic hydroxyl groups excluding tert-OH is 1. The number of H-pyrrole nitrogens is 1. The molecule has 0 aliphatic heterocycles. The quantitative estimate of drug-likeness (QED) is 0.607. The number of ketones is 3. The first kappa shape index (κ1) is 14.7. The Morgan fingerprint density at radius 3 is 2.80 bits per heavy atom. The zero-order valence-electron chi connectivity index (χ0n) is 10.9. The lowest BCUT2D eigenvalue weighted by Crippen LogP contribution is -2.17. The van der Waals surface area contributed by atoms with E-state index in [1.165, 1.54) is 24.8 Å². The lowest BCUT2D eigenvalue weighted by Gasteiger charge is -2.11. The summed E-state index contributed by atoms with van der Waals surface area (Å²) in [5.74, 6) is -0.402. The summed E-state index contributed by atoms with van der Waals surface area (Å²) >= 11 is 1.26. The molecule has 0 amide bonds. The third-order valence-electron chi connectivity index (χ3n) is 2.87. The minimum absolute atomic E-state index is 0.0138. The number of aromatic nitrogens is 2. The van der Waals surface area contributed by atoms with Gasteiger partial charge in [0.05, 0.1) is 10.5 Å². The van der Waals surface area contributed by atoms with Crippen molar-refractivity contribution in [1.82, 2.24) is 10.2 Å². The highest BCUT2D eigenvalue weighted by molar-refractivity contribution is 8.04. The number of carbonyl (C=O) groups is 3. The van der Waals surface area contributed by atoms with E-state index in [2.05, 4.69) is 10.2 Å². The molecule has 1 aliphatic rings. The minimum atomic E-state index is -0.352. The average molecular weight is 294 g/mol. The molecule has 7 heteroatoms. The van der Waals surface area contributed by atoms with Gasteiger partial charge >= 0.3 is 0 Å². The van der Waals surface area contributed by atoms with Crippen LogP contribution in [0.4, 0.5) is 0 Å². The number of Topliss-reactive ketones (excluding diaryl/α,β-unsaturated/α-hetero) is 2. The smallest absolute Gasteiger partial charge is 0.205 e. The van der Waals surface area contributed by atoms with Crippen molar-refractivity contribution < 1.29 is 19.5 Å². The van der Waals surface area contributed by atoms with Crippen LogP contribution in [0.5, 0.6) is 0 Å². The van der Waals surface area contributed by atoms with Gasteiger partial charge in [-0.1, -0.05) is 0 Å². The van der Waals surface area contributed by atoms with E-state index in [4.69, 9.17) is 5.11 Å². The van der Waals surface area contributed by atoms with Crippen molar-refractivity contribution in [2.75, 3.05) is 12.4 Å². The lowest BCUT2D eigenvalue weighted by molar-refractivity contribution is 0.0976. The van der Waals surface area contributed by atoms with Gasteiger partial charge in [0.15, 0.2) is 5.78 Å². The molecular weight excluding hydrogens is 280 g/mol. The number of unbranched alkanes of at least 4 members (excludes halogenated alkanes) is 1. The predicted octanol–water partition coefficient (Wildman–Crippen LogP) is 1.38. The first-order chi connectivity index (χ1) is 9.56. The Bertz CT molecular complexity index is 604. The summed E-state index contributed by atoms with van der Waals surface area (Å²) in [6.45, 7) is 1.41. The lowest BCUT2D eigenvalue weighted by atomic mass is 9.98. The van der Waals surface area contributed by atoms with Gasteiger partial charge in [-0.3, -0.25) is 19.5 Å². The van der Waals surface area contributed by atoms with Gasteiger partial charge in [0.25, 0.3) is 0 Å². The van der Waals surface area contributed by atoms with E-state index in [9.17, 15) is 14.4 Å². The summed E-state index contributed by atoms with van der Waals surface area (Å²) < 4.78 is 0. The number of nitrogens with zero attached hydrogens (tertiary/aromatic N) is 1. The fourth-order valence-corrected chi connectivity index (χ4v) is 2.87. The number of aromatic amines is 1. The van der Waals surface area contributed by atoms with Crippen molar-refractivity contribution in [3.63, 3.8) is 0 Å². The molecule has 6 nitrogen and oxygen atoms in total. The number of thioether (sulfide) groups is 1. The third-order valence-corrected chi connectivity index (χ3v) is 3.98. The molecule has 1 heterocycles. The van der Waals surface area contributed by atoms with Crippen molar-refractivity contribution in [1.29, 1.82) is 0 Å². The minimum Gasteiger partial charge on any atom is -0.396 e. The summed E-state index contributed by atoms with van der Waals surface area (Å²) in [6.07, 6.45) is 2.67. The maximum Gasteiger partial charge on any atom is 0.205 e. The Labute approximate surface area is 119 Å². The van der Waals surface area contributed by atoms with Crippen molar-refractivity contribution in [3.05, 3.63) is 27.9 Å². The molecule has 106 valence electrons. The molecule has 2 rings (SSSR count). The molecule has 0 atom stereocenters. The maximum atomic E-state index is 12.3. The van der Waals surface area contributed by atoms with E-state index in [0.717, 1.165) is 6.42 Å². The molecule has 0 aromatic carbocycles. The van der Waals surface area contributed by atoms with Gasteiger partial charge in [-0.05, 0) is 18.6 Å². The van der Waals surface area contributed by atoms with Crippen LogP contribution in [0.3, 0.4) is 0 Å².